The van der Waals surface area contributed by atoms with E-state index in [0.29, 0.717) is 13.1 Å². The normalized spacial score (nSPS) is 23.9. The van der Waals surface area contributed by atoms with Crippen LogP contribution in [0.2, 0.25) is 0 Å². The van der Waals surface area contributed by atoms with Gasteiger partial charge in [0, 0.05) is 13.1 Å². The highest BCUT2D eigenvalue weighted by molar-refractivity contribution is 7.12. The number of carboxylic acids is 1. The van der Waals surface area contributed by atoms with Gasteiger partial charge in [-0.1, -0.05) is 6.92 Å². The SMILES string of the molecule is CCc1ccsc1C(=O)N1CCC2(CC1)CC2C(=O)O. The molecule has 0 aromatic carbocycles. The number of carbonyl (C=O) groups excluding carboxylic acids is 1. The topological polar surface area (TPSA) is 57.6 Å². The largest absolute Gasteiger partial charge is 0.481 e. The van der Waals surface area contributed by atoms with Crippen LogP contribution >= 0.6 is 11.3 Å². The maximum absolute atomic E-state index is 12.5. The lowest BCUT2D eigenvalue weighted by Crippen LogP contribution is -2.40. The van der Waals surface area contributed by atoms with Gasteiger partial charge in [-0.05, 0) is 48.1 Å². The van der Waals surface area contributed by atoms with E-state index in [2.05, 4.69) is 6.92 Å². The number of aliphatic carboxylic acids is 1. The lowest BCUT2D eigenvalue weighted by molar-refractivity contribution is -0.139. The maximum Gasteiger partial charge on any atom is 0.307 e. The first-order valence-electron chi connectivity index (χ1n) is 7.16. The number of likely N-dealkylation sites (tertiary alicyclic amines) is 1. The summed E-state index contributed by atoms with van der Waals surface area (Å²) in [5.41, 5.74) is 1.11. The molecule has 5 heteroatoms. The van der Waals surface area contributed by atoms with Gasteiger partial charge in [-0.3, -0.25) is 9.59 Å². The molecule has 1 N–H and O–H groups in total. The van der Waals surface area contributed by atoms with Gasteiger partial charge in [0.1, 0.15) is 0 Å². The molecule has 1 atom stereocenters. The standard InChI is InChI=1S/C15H19NO3S/c1-2-10-3-8-20-12(10)13(17)16-6-4-15(5-7-16)9-11(15)14(18)19/h3,8,11H,2,4-7,9H2,1H3,(H,18,19). The third-order valence-corrected chi connectivity index (χ3v) is 5.80. The number of hydrogen-bond donors (Lipinski definition) is 1. The van der Waals surface area contributed by atoms with Gasteiger partial charge in [0.25, 0.3) is 5.91 Å². The third-order valence-electron chi connectivity index (χ3n) is 4.86. The summed E-state index contributed by atoms with van der Waals surface area (Å²) >= 11 is 1.51. The minimum Gasteiger partial charge on any atom is -0.481 e. The molecule has 1 amide bonds. The molecule has 108 valence electrons. The van der Waals surface area contributed by atoms with Crippen LogP contribution < -0.4 is 0 Å². The zero-order chi connectivity index (χ0) is 14.3. The molecule has 2 heterocycles. The van der Waals surface area contributed by atoms with Crippen LogP contribution in [-0.4, -0.2) is 35.0 Å². The number of carboxylic acid groups (broad SMARTS) is 1. The van der Waals surface area contributed by atoms with E-state index >= 15 is 0 Å². The second-order valence-corrected chi connectivity index (χ2v) is 6.79. The van der Waals surface area contributed by atoms with Gasteiger partial charge < -0.3 is 10.0 Å². The maximum atomic E-state index is 12.5. The van der Waals surface area contributed by atoms with Crippen molar-refractivity contribution in [2.75, 3.05) is 13.1 Å². The number of aryl methyl sites for hydroxylation is 1. The minimum absolute atomic E-state index is 0.00828. The van der Waals surface area contributed by atoms with Gasteiger partial charge in [-0.25, -0.2) is 0 Å². The van der Waals surface area contributed by atoms with Crippen molar-refractivity contribution in [1.82, 2.24) is 4.90 Å². The van der Waals surface area contributed by atoms with Crippen molar-refractivity contribution in [2.24, 2.45) is 11.3 Å². The van der Waals surface area contributed by atoms with Crippen molar-refractivity contribution >= 4 is 23.2 Å². The zero-order valence-corrected chi connectivity index (χ0v) is 12.4. The van der Waals surface area contributed by atoms with E-state index < -0.39 is 5.97 Å². The Kier molecular flexibility index (Phi) is 3.32. The molecule has 2 aliphatic rings. The third kappa shape index (κ3) is 2.14. The van der Waals surface area contributed by atoms with Crippen LogP contribution in [0.5, 0.6) is 0 Å². The fourth-order valence-electron chi connectivity index (χ4n) is 3.35. The molecule has 3 rings (SSSR count). The fourth-order valence-corrected chi connectivity index (χ4v) is 4.31. The van der Waals surface area contributed by atoms with Crippen LogP contribution in [0.1, 0.15) is 41.4 Å². The average molecular weight is 293 g/mol. The van der Waals surface area contributed by atoms with Crippen molar-refractivity contribution in [3.05, 3.63) is 21.9 Å². The monoisotopic (exact) mass is 293 g/mol. The van der Waals surface area contributed by atoms with Gasteiger partial charge in [-0.15, -0.1) is 11.3 Å². The van der Waals surface area contributed by atoms with Gasteiger partial charge in [0.2, 0.25) is 0 Å². The van der Waals surface area contributed by atoms with Crippen LogP contribution in [0.3, 0.4) is 0 Å². The van der Waals surface area contributed by atoms with Crippen LogP contribution in [0, 0.1) is 11.3 Å². The average Bonchev–Trinajstić information content (AvgIpc) is 2.96. The first-order valence-corrected chi connectivity index (χ1v) is 8.04. The van der Waals surface area contributed by atoms with E-state index in [1.54, 1.807) is 0 Å². The first kappa shape index (κ1) is 13.6. The Labute approximate surface area is 122 Å². The second-order valence-electron chi connectivity index (χ2n) is 5.88. The molecule has 1 aromatic heterocycles. The smallest absolute Gasteiger partial charge is 0.307 e. The molecule has 1 saturated carbocycles. The summed E-state index contributed by atoms with van der Waals surface area (Å²) in [6.45, 7) is 3.46. The van der Waals surface area contributed by atoms with E-state index in [4.69, 9.17) is 5.11 Å². The second kappa shape index (κ2) is 4.88. The zero-order valence-electron chi connectivity index (χ0n) is 11.6. The van der Waals surface area contributed by atoms with Crippen LogP contribution in [-0.2, 0) is 11.2 Å². The van der Waals surface area contributed by atoms with Crippen LogP contribution in [0.25, 0.3) is 0 Å². The summed E-state index contributed by atoms with van der Waals surface area (Å²) in [6.07, 6.45) is 3.35. The Morgan fingerprint density at radius 3 is 2.70 bits per heavy atom. The summed E-state index contributed by atoms with van der Waals surface area (Å²) in [5, 5.41) is 11.1. The van der Waals surface area contributed by atoms with Gasteiger partial charge in [0.05, 0.1) is 10.8 Å². The summed E-state index contributed by atoms with van der Waals surface area (Å²) in [5.74, 6) is -0.719. The van der Waals surface area contributed by atoms with E-state index in [1.807, 2.05) is 16.3 Å². The molecule has 20 heavy (non-hydrogen) atoms. The quantitative estimate of drug-likeness (QED) is 0.932. The Balaban J connectivity index is 1.64. The van der Waals surface area contributed by atoms with Crippen molar-refractivity contribution in [2.45, 2.75) is 32.6 Å². The molecular weight excluding hydrogens is 274 g/mol. The molecule has 0 bridgehead atoms. The summed E-state index contributed by atoms with van der Waals surface area (Å²) in [6, 6.07) is 2.02. The lowest BCUT2D eigenvalue weighted by atomic mass is 9.90. The highest BCUT2D eigenvalue weighted by atomic mass is 32.1. The molecule has 1 unspecified atom stereocenters. The number of carbonyl (C=O) groups is 2. The van der Waals surface area contributed by atoms with Crippen LogP contribution in [0.4, 0.5) is 0 Å². The van der Waals surface area contributed by atoms with E-state index in [9.17, 15) is 9.59 Å². The minimum atomic E-state index is -0.670. The van der Waals surface area contributed by atoms with Crippen LogP contribution in [0.15, 0.2) is 11.4 Å². The molecule has 1 aliphatic carbocycles. The van der Waals surface area contributed by atoms with Crippen molar-refractivity contribution in [1.29, 1.82) is 0 Å². The Hall–Kier alpha value is -1.36. The molecular formula is C15H19NO3S. The summed E-state index contributed by atoms with van der Waals surface area (Å²) in [7, 11) is 0. The molecule has 1 spiro atoms. The molecule has 0 radical (unpaired) electrons. The first-order chi connectivity index (χ1) is 9.57. The lowest BCUT2D eigenvalue weighted by Gasteiger charge is -2.32. The fraction of sp³-hybridized carbons (Fsp3) is 0.600. The highest BCUT2D eigenvalue weighted by Crippen LogP contribution is 2.59. The molecule has 4 nitrogen and oxygen atoms in total. The van der Waals surface area contributed by atoms with Crippen molar-refractivity contribution < 1.29 is 14.7 Å². The molecule has 1 saturated heterocycles. The highest BCUT2D eigenvalue weighted by Gasteiger charge is 2.59. The number of hydrogen-bond acceptors (Lipinski definition) is 3. The number of thiophene rings is 1. The van der Waals surface area contributed by atoms with Gasteiger partial charge in [0.15, 0.2) is 0 Å². The summed E-state index contributed by atoms with van der Waals surface area (Å²) in [4.78, 5) is 26.3. The Bertz CT molecular complexity index is 543. The number of piperidine rings is 1. The molecule has 1 aromatic rings. The van der Waals surface area contributed by atoms with Gasteiger partial charge in [-0.2, -0.15) is 0 Å². The predicted octanol–water partition coefficient (Wildman–Crippen LogP) is 2.64. The van der Waals surface area contributed by atoms with Crippen molar-refractivity contribution in [3.63, 3.8) is 0 Å². The number of amides is 1. The predicted molar refractivity (Wildman–Crippen MR) is 77.0 cm³/mol. The summed E-state index contributed by atoms with van der Waals surface area (Å²) < 4.78 is 0. The molecule has 1 aliphatic heterocycles. The van der Waals surface area contributed by atoms with E-state index in [0.717, 1.165) is 36.1 Å². The molecule has 2 fully saturated rings. The van der Waals surface area contributed by atoms with Gasteiger partial charge >= 0.3 is 5.97 Å². The van der Waals surface area contributed by atoms with Crippen molar-refractivity contribution in [3.8, 4) is 0 Å². The number of nitrogens with zero attached hydrogens (tertiary/aromatic N) is 1. The number of rotatable bonds is 3. The Morgan fingerprint density at radius 2 is 2.15 bits per heavy atom. The van der Waals surface area contributed by atoms with E-state index in [-0.39, 0.29) is 17.2 Å². The van der Waals surface area contributed by atoms with E-state index in [1.165, 1.54) is 11.3 Å². The Morgan fingerprint density at radius 1 is 1.45 bits per heavy atom.